The van der Waals surface area contributed by atoms with E-state index in [1.54, 1.807) is 6.07 Å². The number of hydrazone groups is 1. The Morgan fingerprint density at radius 1 is 1.26 bits per heavy atom. The number of nitrogens with zero attached hydrogens (tertiary/aromatic N) is 4. The number of non-ortho nitro benzene ring substituents is 1. The third-order valence-electron chi connectivity index (χ3n) is 3.95. The maximum absolute atomic E-state index is 12.9. The Balaban J connectivity index is 0.00000272. The smallest absolute Gasteiger partial charge is 0.441 e. The van der Waals surface area contributed by atoms with Gasteiger partial charge in [0, 0.05) is 17.7 Å². The molecule has 31 heavy (non-hydrogen) atoms. The average Bonchev–Trinajstić information content (AvgIpc) is 3.32. The minimum Gasteiger partial charge on any atom is -0.457 e. The molecule has 9 nitrogen and oxygen atoms in total. The average molecular weight is 472 g/mol. The first-order valence-electron chi connectivity index (χ1n) is 8.05. The fourth-order valence-corrected chi connectivity index (χ4v) is 3.37. The largest absolute Gasteiger partial charge is 0.457 e. The molecule has 2 aliphatic rings. The number of amides is 1. The molecule has 0 fully saturated rings. The van der Waals surface area contributed by atoms with E-state index in [9.17, 15) is 28.1 Å². The molecule has 0 unspecified atom stereocenters. The van der Waals surface area contributed by atoms with Crippen molar-refractivity contribution in [3.63, 3.8) is 0 Å². The van der Waals surface area contributed by atoms with E-state index in [4.69, 9.17) is 9.83 Å². The molecule has 2 aromatic rings. The highest BCUT2D eigenvalue weighted by Crippen LogP contribution is 2.35. The standard InChI is InChI=1S/C17H8F3N5O4S.ClH/c18-17(19,20)15-23-24-13(21)11(14(26)22-16(24)30-15)7-10-4-5-12(29-10)8-2-1-3-9(6-8)25(27)28;/h1-7,21H;1H. The van der Waals surface area contributed by atoms with Crippen molar-refractivity contribution >= 4 is 57.9 Å². The summed E-state index contributed by atoms with van der Waals surface area (Å²) in [5.41, 5.74) is -0.0409. The summed E-state index contributed by atoms with van der Waals surface area (Å²) in [4.78, 5) is 26.1. The van der Waals surface area contributed by atoms with Crippen LogP contribution in [0.2, 0.25) is 0 Å². The number of alkyl halides is 3. The van der Waals surface area contributed by atoms with Crippen LogP contribution >= 0.6 is 24.2 Å². The number of aliphatic imine (C=N–C) groups is 1. The predicted octanol–water partition coefficient (Wildman–Crippen LogP) is 4.46. The number of nitro groups is 1. The second kappa shape index (κ2) is 8.00. The van der Waals surface area contributed by atoms with E-state index < -0.39 is 27.9 Å². The van der Waals surface area contributed by atoms with E-state index in [0.717, 1.165) is 6.08 Å². The van der Waals surface area contributed by atoms with E-state index in [2.05, 4.69) is 10.1 Å². The molecule has 1 amide bonds. The maximum Gasteiger partial charge on any atom is 0.441 e. The summed E-state index contributed by atoms with van der Waals surface area (Å²) in [5.74, 6) is -1.12. The number of hydrogen-bond donors (Lipinski definition) is 1. The zero-order valence-corrected chi connectivity index (χ0v) is 16.5. The Labute approximate surface area is 181 Å². The summed E-state index contributed by atoms with van der Waals surface area (Å²) in [6.07, 6.45) is -3.58. The van der Waals surface area contributed by atoms with Crippen molar-refractivity contribution in [3.8, 4) is 11.3 Å². The Kier molecular flexibility index (Phi) is 5.74. The summed E-state index contributed by atoms with van der Waals surface area (Å²) < 4.78 is 44.1. The fraction of sp³-hybridized carbons (Fsp3) is 0.0588. The van der Waals surface area contributed by atoms with Gasteiger partial charge in [-0.2, -0.15) is 28.3 Å². The molecule has 0 saturated heterocycles. The highest BCUT2D eigenvalue weighted by atomic mass is 35.5. The predicted molar refractivity (Wildman–Crippen MR) is 109 cm³/mol. The molecule has 1 aromatic carbocycles. The topological polar surface area (TPSA) is 125 Å². The number of amidine groups is 2. The number of carbonyl (C=O) groups excluding carboxylic acids is 1. The Bertz CT molecular complexity index is 1200. The summed E-state index contributed by atoms with van der Waals surface area (Å²) in [6, 6.07) is 8.63. The number of fused-ring (bicyclic) bond motifs is 1. The monoisotopic (exact) mass is 471 g/mol. The van der Waals surface area contributed by atoms with Crippen LogP contribution in [0.15, 0.2) is 56.5 Å². The van der Waals surface area contributed by atoms with Crippen molar-refractivity contribution in [3.05, 3.63) is 57.8 Å². The third-order valence-corrected chi connectivity index (χ3v) is 4.91. The third kappa shape index (κ3) is 4.22. The van der Waals surface area contributed by atoms with Gasteiger partial charge < -0.3 is 4.42 Å². The van der Waals surface area contributed by atoms with Crippen molar-refractivity contribution in [2.75, 3.05) is 0 Å². The fourth-order valence-electron chi connectivity index (χ4n) is 2.61. The second-order valence-corrected chi connectivity index (χ2v) is 6.89. The minimum absolute atomic E-state index is 0. The van der Waals surface area contributed by atoms with Crippen LogP contribution in [0.4, 0.5) is 18.9 Å². The van der Waals surface area contributed by atoms with Gasteiger partial charge in [-0.3, -0.25) is 20.3 Å². The molecule has 1 aromatic heterocycles. The van der Waals surface area contributed by atoms with Gasteiger partial charge in [-0.05, 0) is 30.0 Å². The summed E-state index contributed by atoms with van der Waals surface area (Å²) in [7, 11) is 0. The van der Waals surface area contributed by atoms with E-state index in [0.29, 0.717) is 10.6 Å². The normalized spacial score (nSPS) is 17.3. The molecule has 160 valence electrons. The quantitative estimate of drug-likeness (QED) is 0.400. The molecular formula is C17H9ClF3N5O4S. The van der Waals surface area contributed by atoms with E-state index in [1.807, 2.05) is 0 Å². The van der Waals surface area contributed by atoms with Crippen molar-refractivity contribution in [1.29, 1.82) is 5.41 Å². The molecule has 3 heterocycles. The van der Waals surface area contributed by atoms with E-state index in [-0.39, 0.29) is 52.1 Å². The van der Waals surface area contributed by atoms with Crippen LogP contribution in [0.25, 0.3) is 17.4 Å². The summed E-state index contributed by atoms with van der Waals surface area (Å²) in [6.45, 7) is 0. The van der Waals surface area contributed by atoms with Gasteiger partial charge in [-0.25, -0.2) is 0 Å². The Morgan fingerprint density at radius 3 is 2.68 bits per heavy atom. The van der Waals surface area contributed by atoms with Gasteiger partial charge in [0.25, 0.3) is 11.6 Å². The highest BCUT2D eigenvalue weighted by Gasteiger charge is 2.46. The molecule has 0 atom stereocenters. The van der Waals surface area contributed by atoms with Crippen molar-refractivity contribution in [1.82, 2.24) is 5.01 Å². The van der Waals surface area contributed by atoms with Crippen LogP contribution in [0, 0.1) is 15.5 Å². The SMILES string of the molecule is Cl.N=C1C(=Cc2ccc(-c3cccc([N+](=O)[O-])c3)o2)C(=O)N=C2SC(C(F)(F)F)=NN12. The molecule has 2 aliphatic heterocycles. The number of rotatable bonds is 3. The lowest BCUT2D eigenvalue weighted by molar-refractivity contribution is -0.384. The maximum atomic E-state index is 12.9. The van der Waals surface area contributed by atoms with Crippen LogP contribution in [0.1, 0.15) is 5.76 Å². The molecule has 1 N–H and O–H groups in total. The van der Waals surface area contributed by atoms with Crippen LogP contribution in [0.5, 0.6) is 0 Å². The Hall–Kier alpha value is -3.45. The van der Waals surface area contributed by atoms with E-state index in [1.165, 1.54) is 30.3 Å². The molecular weight excluding hydrogens is 463 g/mol. The number of halogens is 4. The van der Waals surface area contributed by atoms with Crippen LogP contribution in [-0.4, -0.2) is 38.1 Å². The van der Waals surface area contributed by atoms with Crippen molar-refractivity contribution in [2.24, 2.45) is 10.1 Å². The van der Waals surface area contributed by atoms with Gasteiger partial charge in [0.2, 0.25) is 10.2 Å². The molecule has 4 rings (SSSR count). The van der Waals surface area contributed by atoms with Crippen molar-refractivity contribution < 1.29 is 27.3 Å². The summed E-state index contributed by atoms with van der Waals surface area (Å²) >= 11 is 0.156. The van der Waals surface area contributed by atoms with Crippen LogP contribution in [0.3, 0.4) is 0 Å². The minimum atomic E-state index is -4.73. The Morgan fingerprint density at radius 2 is 2.00 bits per heavy atom. The first kappa shape index (κ1) is 22.2. The van der Waals surface area contributed by atoms with Crippen LogP contribution < -0.4 is 0 Å². The van der Waals surface area contributed by atoms with Gasteiger partial charge in [-0.15, -0.1) is 12.4 Å². The van der Waals surface area contributed by atoms with Gasteiger partial charge >= 0.3 is 6.18 Å². The lowest BCUT2D eigenvalue weighted by Crippen LogP contribution is -2.35. The first-order chi connectivity index (χ1) is 14.1. The molecule has 0 bridgehead atoms. The lowest BCUT2D eigenvalue weighted by Gasteiger charge is -2.19. The van der Waals surface area contributed by atoms with E-state index >= 15 is 0 Å². The van der Waals surface area contributed by atoms with Gasteiger partial charge in [0.05, 0.1) is 10.5 Å². The number of nitrogens with one attached hydrogen (secondary N) is 1. The highest BCUT2D eigenvalue weighted by molar-refractivity contribution is 8.27. The van der Waals surface area contributed by atoms with Gasteiger partial charge in [0.15, 0.2) is 5.84 Å². The number of thioether (sulfide) groups is 1. The summed E-state index contributed by atoms with van der Waals surface area (Å²) in [5, 5.41) is 21.3. The molecule has 0 radical (unpaired) electrons. The van der Waals surface area contributed by atoms with Gasteiger partial charge in [0.1, 0.15) is 11.5 Å². The van der Waals surface area contributed by atoms with Gasteiger partial charge in [-0.1, -0.05) is 12.1 Å². The lowest BCUT2D eigenvalue weighted by atomic mass is 10.1. The number of furan rings is 1. The number of benzene rings is 1. The van der Waals surface area contributed by atoms with Crippen molar-refractivity contribution in [2.45, 2.75) is 6.18 Å². The zero-order chi connectivity index (χ0) is 21.6. The number of nitro benzene ring substituents is 1. The molecule has 0 aliphatic carbocycles. The van der Waals surface area contributed by atoms with Crippen LogP contribution in [-0.2, 0) is 4.79 Å². The number of hydrogen-bond acceptors (Lipinski definition) is 7. The molecule has 0 saturated carbocycles. The molecule has 0 spiro atoms. The number of carbonyl (C=O) groups is 1. The molecule has 14 heteroatoms. The first-order valence-corrected chi connectivity index (χ1v) is 8.87. The second-order valence-electron chi connectivity index (χ2n) is 5.93. The zero-order valence-electron chi connectivity index (χ0n) is 14.9.